The molecule has 1 aromatic carbocycles. The summed E-state index contributed by atoms with van der Waals surface area (Å²) in [5, 5.41) is 3.29. The number of nitrogens with one attached hydrogen (secondary N) is 1. The van der Waals surface area contributed by atoms with Crippen molar-refractivity contribution in [3.63, 3.8) is 0 Å². The van der Waals surface area contributed by atoms with Gasteiger partial charge in [-0.1, -0.05) is 21.9 Å². The number of benzene rings is 1. The molecular formula is C15H13BrN2O. The molecule has 19 heavy (non-hydrogen) atoms. The molecule has 1 N–H and O–H groups in total. The zero-order valence-electron chi connectivity index (χ0n) is 10.5. The quantitative estimate of drug-likeness (QED) is 0.877. The first kappa shape index (κ1) is 13.4. The number of rotatable bonds is 4. The second-order valence-electron chi connectivity index (χ2n) is 3.89. The molecule has 2 rings (SSSR count). The van der Waals surface area contributed by atoms with Gasteiger partial charge in [0.25, 0.3) is 0 Å². The van der Waals surface area contributed by atoms with Gasteiger partial charge in [0.2, 0.25) is 0 Å². The maximum atomic E-state index is 5.26. The molecule has 0 saturated carbocycles. The monoisotopic (exact) mass is 316 g/mol. The standard InChI is InChI=1S/C15H13BrN2O/c1-3-12-4-5-13(10-18-12)17-9-11-8-14(19-2)6-7-15(11)16/h1,4-8,10,17H,9H2,2H3. The molecule has 0 atom stereocenters. The summed E-state index contributed by atoms with van der Waals surface area (Å²) in [7, 11) is 1.66. The summed E-state index contributed by atoms with van der Waals surface area (Å²) in [6.07, 6.45) is 6.99. The van der Waals surface area contributed by atoms with Gasteiger partial charge in [0.15, 0.2) is 0 Å². The van der Waals surface area contributed by atoms with Crippen LogP contribution in [0.15, 0.2) is 41.0 Å². The van der Waals surface area contributed by atoms with E-state index in [0.29, 0.717) is 12.2 Å². The lowest BCUT2D eigenvalue weighted by Gasteiger charge is -2.09. The normalized spacial score (nSPS) is 9.74. The van der Waals surface area contributed by atoms with E-state index in [1.807, 2.05) is 30.3 Å². The summed E-state index contributed by atoms with van der Waals surface area (Å²) in [4.78, 5) is 4.13. The van der Waals surface area contributed by atoms with Gasteiger partial charge >= 0.3 is 0 Å². The Balaban J connectivity index is 2.07. The van der Waals surface area contributed by atoms with E-state index in [1.165, 1.54) is 0 Å². The molecule has 4 heteroatoms. The van der Waals surface area contributed by atoms with E-state index in [0.717, 1.165) is 21.5 Å². The van der Waals surface area contributed by atoms with Crippen LogP contribution in [0.5, 0.6) is 5.75 Å². The van der Waals surface area contributed by atoms with Crippen LogP contribution in [0.2, 0.25) is 0 Å². The Bertz CT molecular complexity index is 603. The summed E-state index contributed by atoms with van der Waals surface area (Å²) in [6, 6.07) is 9.59. The van der Waals surface area contributed by atoms with Gasteiger partial charge in [0.05, 0.1) is 19.0 Å². The van der Waals surface area contributed by atoms with Gasteiger partial charge in [0.1, 0.15) is 11.4 Å². The summed E-state index contributed by atoms with van der Waals surface area (Å²) < 4.78 is 6.25. The van der Waals surface area contributed by atoms with E-state index in [4.69, 9.17) is 11.2 Å². The molecular weight excluding hydrogens is 304 g/mol. The number of halogens is 1. The molecule has 3 nitrogen and oxygen atoms in total. The molecule has 0 aliphatic carbocycles. The fraction of sp³-hybridized carbons (Fsp3) is 0.133. The SMILES string of the molecule is C#Cc1ccc(NCc2cc(OC)ccc2Br)cn1. The van der Waals surface area contributed by atoms with Gasteiger partial charge in [-0.05, 0) is 35.9 Å². The van der Waals surface area contributed by atoms with E-state index in [2.05, 4.69) is 32.2 Å². The third-order valence-corrected chi connectivity index (χ3v) is 3.42. The Morgan fingerprint density at radius 2 is 2.21 bits per heavy atom. The van der Waals surface area contributed by atoms with Crippen molar-refractivity contribution < 1.29 is 4.74 Å². The second-order valence-corrected chi connectivity index (χ2v) is 4.74. The lowest BCUT2D eigenvalue weighted by atomic mass is 10.2. The molecule has 0 fully saturated rings. The highest BCUT2D eigenvalue weighted by Crippen LogP contribution is 2.23. The lowest BCUT2D eigenvalue weighted by Crippen LogP contribution is -2.01. The van der Waals surface area contributed by atoms with Gasteiger partial charge < -0.3 is 10.1 Å². The molecule has 1 heterocycles. The molecule has 96 valence electrons. The molecule has 0 unspecified atom stereocenters. The topological polar surface area (TPSA) is 34.1 Å². The Labute approximate surface area is 121 Å². The molecule has 1 aromatic heterocycles. The van der Waals surface area contributed by atoms with Crippen molar-refractivity contribution in [3.05, 3.63) is 52.3 Å². The third-order valence-electron chi connectivity index (χ3n) is 2.65. The zero-order valence-corrected chi connectivity index (χ0v) is 12.1. The van der Waals surface area contributed by atoms with Gasteiger partial charge in [-0.3, -0.25) is 0 Å². The predicted octanol–water partition coefficient (Wildman–Crippen LogP) is 3.45. The molecule has 0 bridgehead atoms. The summed E-state index contributed by atoms with van der Waals surface area (Å²) in [5.74, 6) is 3.32. The maximum Gasteiger partial charge on any atom is 0.119 e. The van der Waals surface area contributed by atoms with E-state index in [1.54, 1.807) is 13.3 Å². The lowest BCUT2D eigenvalue weighted by molar-refractivity contribution is 0.414. The molecule has 0 saturated heterocycles. The minimum absolute atomic E-state index is 0.633. The molecule has 0 radical (unpaired) electrons. The minimum Gasteiger partial charge on any atom is -0.497 e. The van der Waals surface area contributed by atoms with Crippen molar-refractivity contribution in [2.75, 3.05) is 12.4 Å². The summed E-state index contributed by atoms with van der Waals surface area (Å²) >= 11 is 3.52. The van der Waals surface area contributed by atoms with Crippen LogP contribution < -0.4 is 10.1 Å². The van der Waals surface area contributed by atoms with Gasteiger partial charge in [0, 0.05) is 11.0 Å². The number of terminal acetylenes is 1. The number of hydrogen-bond acceptors (Lipinski definition) is 3. The van der Waals surface area contributed by atoms with Gasteiger partial charge in [-0.25, -0.2) is 4.98 Å². The number of aromatic nitrogens is 1. The highest BCUT2D eigenvalue weighted by molar-refractivity contribution is 9.10. The maximum absolute atomic E-state index is 5.26. The molecule has 0 amide bonds. The summed E-state index contributed by atoms with van der Waals surface area (Å²) in [5.41, 5.74) is 2.67. The average Bonchev–Trinajstić information content (AvgIpc) is 2.47. The van der Waals surface area contributed by atoms with Crippen LogP contribution in [0.25, 0.3) is 0 Å². The first-order valence-corrected chi connectivity index (χ1v) is 6.51. The minimum atomic E-state index is 0.633. The highest BCUT2D eigenvalue weighted by atomic mass is 79.9. The van der Waals surface area contributed by atoms with Crippen molar-refractivity contribution in [3.8, 4) is 18.1 Å². The van der Waals surface area contributed by atoms with Crippen LogP contribution in [-0.4, -0.2) is 12.1 Å². The number of methoxy groups -OCH3 is 1. The first-order valence-electron chi connectivity index (χ1n) is 5.72. The number of nitrogens with zero attached hydrogens (tertiary/aromatic N) is 1. The van der Waals surface area contributed by atoms with Crippen molar-refractivity contribution in [2.45, 2.75) is 6.54 Å². The van der Waals surface area contributed by atoms with E-state index >= 15 is 0 Å². The fourth-order valence-electron chi connectivity index (χ4n) is 1.59. The van der Waals surface area contributed by atoms with Crippen LogP contribution in [-0.2, 0) is 6.54 Å². The van der Waals surface area contributed by atoms with Crippen molar-refractivity contribution in [2.24, 2.45) is 0 Å². The Morgan fingerprint density at radius 1 is 1.37 bits per heavy atom. The largest absolute Gasteiger partial charge is 0.497 e. The molecule has 2 aromatic rings. The second kappa shape index (κ2) is 6.26. The number of ether oxygens (including phenoxy) is 1. The van der Waals surface area contributed by atoms with Crippen LogP contribution in [0.4, 0.5) is 5.69 Å². The van der Waals surface area contributed by atoms with Crippen LogP contribution in [0.1, 0.15) is 11.3 Å². The van der Waals surface area contributed by atoms with Crippen LogP contribution in [0, 0.1) is 12.3 Å². The summed E-state index contributed by atoms with van der Waals surface area (Å²) in [6.45, 7) is 0.675. The Hall–Kier alpha value is -1.99. The van der Waals surface area contributed by atoms with E-state index < -0.39 is 0 Å². The highest BCUT2D eigenvalue weighted by Gasteiger charge is 2.02. The van der Waals surface area contributed by atoms with Gasteiger partial charge in [-0.15, -0.1) is 6.42 Å². The zero-order chi connectivity index (χ0) is 13.7. The molecule has 0 aliphatic heterocycles. The molecule has 0 spiro atoms. The number of pyridine rings is 1. The van der Waals surface area contributed by atoms with Crippen LogP contribution >= 0.6 is 15.9 Å². The number of hydrogen-bond donors (Lipinski definition) is 1. The average molecular weight is 317 g/mol. The Kier molecular flexibility index (Phi) is 4.43. The smallest absolute Gasteiger partial charge is 0.119 e. The van der Waals surface area contributed by atoms with Crippen molar-refractivity contribution in [1.82, 2.24) is 4.98 Å². The first-order chi connectivity index (χ1) is 9.22. The Morgan fingerprint density at radius 3 is 2.84 bits per heavy atom. The molecule has 0 aliphatic rings. The fourth-order valence-corrected chi connectivity index (χ4v) is 1.98. The third kappa shape index (κ3) is 3.49. The number of anilines is 1. The van der Waals surface area contributed by atoms with Crippen LogP contribution in [0.3, 0.4) is 0 Å². The van der Waals surface area contributed by atoms with Crippen molar-refractivity contribution in [1.29, 1.82) is 0 Å². The predicted molar refractivity (Wildman–Crippen MR) is 80.2 cm³/mol. The van der Waals surface area contributed by atoms with Crippen molar-refractivity contribution >= 4 is 21.6 Å². The van der Waals surface area contributed by atoms with E-state index in [-0.39, 0.29) is 0 Å². The van der Waals surface area contributed by atoms with Gasteiger partial charge in [-0.2, -0.15) is 0 Å². The van der Waals surface area contributed by atoms with E-state index in [9.17, 15) is 0 Å².